The fourth-order valence-corrected chi connectivity index (χ4v) is 6.99. The van der Waals surface area contributed by atoms with Gasteiger partial charge in [-0.15, -0.1) is 11.3 Å². The minimum Gasteiger partial charge on any atom is -0.332 e. The smallest absolute Gasteiger partial charge is 0.322 e. The van der Waals surface area contributed by atoms with Crippen LogP contribution in [0.1, 0.15) is 43.4 Å². The zero-order valence-electron chi connectivity index (χ0n) is 15.1. The van der Waals surface area contributed by atoms with E-state index < -0.39 is 0 Å². The van der Waals surface area contributed by atoms with Crippen molar-refractivity contribution in [1.29, 1.82) is 0 Å². The lowest BCUT2D eigenvalue weighted by Gasteiger charge is -2.56. The molecule has 1 aromatic rings. The topological polar surface area (TPSA) is 62.6 Å². The summed E-state index contributed by atoms with van der Waals surface area (Å²) < 4.78 is 0.757. The first-order chi connectivity index (χ1) is 12.4. The van der Waals surface area contributed by atoms with Gasteiger partial charge in [-0.05, 0) is 68.4 Å². The summed E-state index contributed by atoms with van der Waals surface area (Å²) in [5, 5.41) is 5.73. The summed E-state index contributed by atoms with van der Waals surface area (Å²) in [6, 6.07) is 3.53. The molecule has 1 heterocycles. The second-order valence-electron chi connectivity index (χ2n) is 8.72. The molecule has 4 aliphatic carbocycles. The molecule has 3 N–H and O–H groups in total. The molecule has 5 rings (SSSR count). The van der Waals surface area contributed by atoms with Crippen LogP contribution in [0.3, 0.4) is 0 Å². The first-order valence-electron chi connectivity index (χ1n) is 9.57. The molecule has 1 atom stereocenters. The average molecular weight is 397 g/mol. The van der Waals surface area contributed by atoms with Crippen LogP contribution < -0.4 is 15.5 Å². The highest BCUT2D eigenvalue weighted by Crippen LogP contribution is 2.55. The molecule has 0 radical (unpaired) electrons. The number of likely N-dealkylation sites (N-methyl/N-ethyl adjacent to an activating group) is 1. The molecule has 142 valence electrons. The highest BCUT2D eigenvalue weighted by Gasteiger charge is 2.51. The molecule has 0 aromatic carbocycles. The third-order valence-corrected chi connectivity index (χ3v) is 7.47. The van der Waals surface area contributed by atoms with Gasteiger partial charge in [0, 0.05) is 5.54 Å². The molecular formula is C19H27ClN3O2S+. The minimum absolute atomic E-state index is 0.0639. The van der Waals surface area contributed by atoms with Crippen molar-refractivity contribution in [2.45, 2.75) is 50.6 Å². The van der Waals surface area contributed by atoms with E-state index in [0.29, 0.717) is 0 Å². The average Bonchev–Trinajstić information content (AvgIpc) is 2.89. The van der Waals surface area contributed by atoms with E-state index >= 15 is 0 Å². The van der Waals surface area contributed by atoms with Crippen LogP contribution in [0.5, 0.6) is 0 Å². The number of hydrogen-bond acceptors (Lipinski definition) is 3. The summed E-state index contributed by atoms with van der Waals surface area (Å²) in [6.07, 6.45) is 7.27. The molecule has 26 heavy (non-hydrogen) atoms. The molecule has 0 aliphatic heterocycles. The minimum atomic E-state index is -0.316. The zero-order valence-corrected chi connectivity index (χ0v) is 16.7. The molecule has 5 nitrogen and oxygen atoms in total. The predicted octanol–water partition coefficient (Wildman–Crippen LogP) is 2.21. The van der Waals surface area contributed by atoms with Crippen molar-refractivity contribution >= 4 is 34.9 Å². The number of imide groups is 1. The van der Waals surface area contributed by atoms with Gasteiger partial charge in [0.2, 0.25) is 0 Å². The molecule has 0 saturated heterocycles. The number of hydrogen-bond donors (Lipinski definition) is 3. The summed E-state index contributed by atoms with van der Waals surface area (Å²) >= 11 is 7.47. The predicted molar refractivity (Wildman–Crippen MR) is 102 cm³/mol. The Bertz CT molecular complexity index is 669. The van der Waals surface area contributed by atoms with Crippen LogP contribution in [0, 0.1) is 17.8 Å². The van der Waals surface area contributed by atoms with Crippen LogP contribution in [-0.2, 0) is 11.3 Å². The van der Waals surface area contributed by atoms with E-state index in [0.717, 1.165) is 57.7 Å². The van der Waals surface area contributed by atoms with Crippen molar-refractivity contribution in [3.05, 3.63) is 21.3 Å². The number of urea groups is 1. The van der Waals surface area contributed by atoms with Gasteiger partial charge >= 0.3 is 6.03 Å². The third-order valence-electron chi connectivity index (χ3n) is 6.24. The summed E-state index contributed by atoms with van der Waals surface area (Å²) in [7, 11) is 1.95. The Morgan fingerprint density at radius 3 is 2.35 bits per heavy atom. The van der Waals surface area contributed by atoms with Gasteiger partial charge < -0.3 is 10.2 Å². The summed E-state index contributed by atoms with van der Waals surface area (Å²) in [5.74, 6) is 2.08. The lowest BCUT2D eigenvalue weighted by molar-refractivity contribution is -0.885. The molecule has 1 aromatic heterocycles. The summed E-state index contributed by atoms with van der Waals surface area (Å²) in [6.45, 7) is 0.991. The van der Waals surface area contributed by atoms with Crippen LogP contribution in [0.4, 0.5) is 4.79 Å². The molecule has 3 amide bonds. The van der Waals surface area contributed by atoms with Crippen molar-refractivity contribution in [3.63, 3.8) is 0 Å². The van der Waals surface area contributed by atoms with E-state index in [4.69, 9.17) is 11.6 Å². The van der Waals surface area contributed by atoms with E-state index in [2.05, 4.69) is 10.6 Å². The summed E-state index contributed by atoms with van der Waals surface area (Å²) in [4.78, 5) is 26.8. The maximum atomic E-state index is 12.4. The third kappa shape index (κ3) is 4.07. The molecule has 4 fully saturated rings. The second kappa shape index (κ2) is 7.13. The Hall–Kier alpha value is -1.11. The van der Waals surface area contributed by atoms with E-state index in [1.807, 2.05) is 19.2 Å². The lowest BCUT2D eigenvalue weighted by Crippen LogP contribution is -3.08. The van der Waals surface area contributed by atoms with Gasteiger partial charge in [-0.2, -0.15) is 0 Å². The number of amides is 3. The van der Waals surface area contributed by atoms with Crippen LogP contribution >= 0.6 is 22.9 Å². The fraction of sp³-hybridized carbons (Fsp3) is 0.684. The molecule has 4 bridgehead atoms. The number of quaternary nitrogens is 1. The quantitative estimate of drug-likeness (QED) is 0.714. The number of nitrogens with one attached hydrogen (secondary N) is 3. The maximum absolute atomic E-state index is 12.4. The van der Waals surface area contributed by atoms with Crippen LogP contribution in [0.2, 0.25) is 4.34 Å². The van der Waals surface area contributed by atoms with Crippen molar-refractivity contribution in [2.75, 3.05) is 13.6 Å². The Morgan fingerprint density at radius 1 is 1.19 bits per heavy atom. The van der Waals surface area contributed by atoms with Crippen molar-refractivity contribution in [3.8, 4) is 0 Å². The van der Waals surface area contributed by atoms with Gasteiger partial charge in [0.25, 0.3) is 5.91 Å². The zero-order chi connectivity index (χ0) is 18.3. The molecular weight excluding hydrogens is 370 g/mol. The standard InChI is InChI=1S/C19H26ClN3O2S/c1-23(10-15-2-3-16(20)26-15)11-17(24)21-18(25)22-19-7-12-4-13(8-19)6-14(5-12)9-19/h2-3,12-14H,4-11H2,1H3,(H2,21,22,24,25)/p+1. The number of carbonyl (C=O) groups is 2. The number of halogens is 1. The highest BCUT2D eigenvalue weighted by atomic mass is 35.5. The fourth-order valence-electron chi connectivity index (χ4n) is 5.79. The molecule has 7 heteroatoms. The number of rotatable bonds is 5. The first kappa shape index (κ1) is 18.3. The van der Waals surface area contributed by atoms with Crippen LogP contribution in [0.15, 0.2) is 12.1 Å². The number of thiophene rings is 1. The Labute approximate surface area is 163 Å². The SMILES string of the molecule is C[NH+](CC(=O)NC(=O)NC12CC3CC(CC(C3)C1)C2)Cc1ccc(Cl)s1. The van der Waals surface area contributed by atoms with Gasteiger partial charge in [-0.1, -0.05) is 11.6 Å². The number of carbonyl (C=O) groups excluding carboxylic acids is 2. The Morgan fingerprint density at radius 2 is 1.81 bits per heavy atom. The van der Waals surface area contributed by atoms with Gasteiger partial charge in [0.15, 0.2) is 6.54 Å². The van der Waals surface area contributed by atoms with Crippen LogP contribution in [-0.4, -0.2) is 31.1 Å². The van der Waals surface area contributed by atoms with Crippen molar-refractivity contribution < 1.29 is 14.5 Å². The lowest BCUT2D eigenvalue weighted by atomic mass is 9.53. The molecule has 0 spiro atoms. The first-order valence-corrected chi connectivity index (χ1v) is 10.8. The molecule has 4 saturated carbocycles. The van der Waals surface area contributed by atoms with E-state index in [-0.39, 0.29) is 24.0 Å². The monoisotopic (exact) mass is 396 g/mol. The van der Waals surface area contributed by atoms with Crippen molar-refractivity contribution in [2.24, 2.45) is 17.8 Å². The van der Waals surface area contributed by atoms with Crippen molar-refractivity contribution in [1.82, 2.24) is 10.6 Å². The summed E-state index contributed by atoms with van der Waals surface area (Å²) in [5.41, 5.74) is -0.0639. The maximum Gasteiger partial charge on any atom is 0.322 e. The Balaban J connectivity index is 1.26. The van der Waals surface area contributed by atoms with Gasteiger partial charge in [-0.3, -0.25) is 10.1 Å². The van der Waals surface area contributed by atoms with E-state index in [1.54, 1.807) is 0 Å². The van der Waals surface area contributed by atoms with Gasteiger partial charge in [0.05, 0.1) is 16.3 Å². The van der Waals surface area contributed by atoms with Crippen LogP contribution in [0.25, 0.3) is 0 Å². The largest absolute Gasteiger partial charge is 0.332 e. The van der Waals surface area contributed by atoms with E-state index in [1.165, 1.54) is 30.6 Å². The molecule has 4 aliphatic rings. The highest BCUT2D eigenvalue weighted by molar-refractivity contribution is 7.16. The Kier molecular flexibility index (Phi) is 5.01. The normalized spacial score (nSPS) is 33.1. The van der Waals surface area contributed by atoms with E-state index in [9.17, 15) is 9.59 Å². The van der Waals surface area contributed by atoms with Gasteiger partial charge in [0.1, 0.15) is 6.54 Å². The van der Waals surface area contributed by atoms with Gasteiger partial charge in [-0.25, -0.2) is 4.79 Å². The second-order valence-corrected chi connectivity index (χ2v) is 10.5. The molecule has 1 unspecified atom stereocenters.